The molecule has 0 aliphatic carbocycles. The van der Waals surface area contributed by atoms with Gasteiger partial charge in [-0.05, 0) is 75.9 Å². The van der Waals surface area contributed by atoms with Gasteiger partial charge in [-0.25, -0.2) is 0 Å². The number of carbonyl (C=O) groups excluding carboxylic acids is 2. The largest absolute Gasteiger partial charge is 0.352 e. The van der Waals surface area contributed by atoms with Gasteiger partial charge in [0.1, 0.15) is 0 Å². The Hall–Kier alpha value is -2.37. The van der Waals surface area contributed by atoms with Crippen LogP contribution in [0.5, 0.6) is 0 Å². The Labute approximate surface area is 159 Å². The second kappa shape index (κ2) is 9.36. The first-order valence-corrected chi connectivity index (χ1v) is 8.85. The second-order valence-corrected chi connectivity index (χ2v) is 6.84. The summed E-state index contributed by atoms with van der Waals surface area (Å²) in [6.45, 7) is 3.37. The molecule has 0 saturated carbocycles. The van der Waals surface area contributed by atoms with Crippen LogP contribution < -0.4 is 10.6 Å². The number of rotatable bonds is 7. The lowest BCUT2D eigenvalue weighted by molar-refractivity contribution is 0.0952. The van der Waals surface area contributed by atoms with Crippen molar-refractivity contribution in [3.63, 3.8) is 0 Å². The molecule has 2 aromatic rings. The van der Waals surface area contributed by atoms with E-state index >= 15 is 0 Å². The Morgan fingerprint density at radius 1 is 1.04 bits per heavy atom. The van der Waals surface area contributed by atoms with Crippen LogP contribution in [0.25, 0.3) is 0 Å². The molecule has 0 saturated heterocycles. The molecule has 0 aliphatic heterocycles. The fourth-order valence-corrected chi connectivity index (χ4v) is 2.69. The van der Waals surface area contributed by atoms with Gasteiger partial charge < -0.3 is 15.5 Å². The Bertz CT molecular complexity index is 790. The van der Waals surface area contributed by atoms with Gasteiger partial charge in [-0.2, -0.15) is 0 Å². The number of nitrogens with zero attached hydrogens (tertiary/aromatic N) is 1. The summed E-state index contributed by atoms with van der Waals surface area (Å²) in [7, 11) is 3.98. The van der Waals surface area contributed by atoms with E-state index in [-0.39, 0.29) is 11.8 Å². The maximum Gasteiger partial charge on any atom is 0.255 e. The smallest absolute Gasteiger partial charge is 0.255 e. The van der Waals surface area contributed by atoms with E-state index in [1.165, 1.54) is 0 Å². The zero-order chi connectivity index (χ0) is 19.1. The van der Waals surface area contributed by atoms with E-state index in [0.29, 0.717) is 28.4 Å². The van der Waals surface area contributed by atoms with Crippen molar-refractivity contribution < 1.29 is 9.59 Å². The molecule has 6 heteroatoms. The van der Waals surface area contributed by atoms with E-state index in [1.807, 2.05) is 21.0 Å². The average Bonchev–Trinajstić information content (AvgIpc) is 2.60. The molecule has 0 radical (unpaired) electrons. The van der Waals surface area contributed by atoms with Gasteiger partial charge in [-0.15, -0.1) is 0 Å². The molecule has 0 fully saturated rings. The number of hydrogen-bond donors (Lipinski definition) is 2. The predicted octanol–water partition coefficient (Wildman–Crippen LogP) is 3.58. The van der Waals surface area contributed by atoms with Crippen molar-refractivity contribution in [1.29, 1.82) is 0 Å². The standard InChI is InChI=1S/C20H24ClN3O2/c1-14-12-17(21)8-9-18(14)23-20(26)16-7-4-6-15(13-16)19(25)22-10-5-11-24(2)3/h4,6-9,12-13H,5,10-11H2,1-3H3,(H,22,25)(H,23,26). The zero-order valence-electron chi connectivity index (χ0n) is 15.3. The highest BCUT2D eigenvalue weighted by Crippen LogP contribution is 2.20. The zero-order valence-corrected chi connectivity index (χ0v) is 16.1. The summed E-state index contributed by atoms with van der Waals surface area (Å²) in [5.74, 6) is -0.446. The third kappa shape index (κ3) is 5.86. The minimum absolute atomic E-state index is 0.180. The number of benzene rings is 2. The van der Waals surface area contributed by atoms with Crippen LogP contribution in [0.1, 0.15) is 32.7 Å². The van der Waals surface area contributed by atoms with E-state index in [9.17, 15) is 9.59 Å². The molecule has 0 aromatic heterocycles. The van der Waals surface area contributed by atoms with Crippen LogP contribution in [0.4, 0.5) is 5.69 Å². The summed E-state index contributed by atoms with van der Waals surface area (Å²) in [4.78, 5) is 26.8. The monoisotopic (exact) mass is 373 g/mol. The van der Waals surface area contributed by atoms with Gasteiger partial charge in [0, 0.05) is 28.4 Å². The number of hydrogen-bond acceptors (Lipinski definition) is 3. The van der Waals surface area contributed by atoms with Crippen molar-refractivity contribution in [2.75, 3.05) is 32.5 Å². The highest BCUT2D eigenvalue weighted by atomic mass is 35.5. The van der Waals surface area contributed by atoms with Crippen LogP contribution in [0.2, 0.25) is 5.02 Å². The first kappa shape index (κ1) is 19.9. The van der Waals surface area contributed by atoms with Crippen molar-refractivity contribution >= 4 is 29.1 Å². The van der Waals surface area contributed by atoms with Gasteiger partial charge in [-0.1, -0.05) is 17.7 Å². The molecular weight excluding hydrogens is 350 g/mol. The lowest BCUT2D eigenvalue weighted by Gasteiger charge is -2.11. The van der Waals surface area contributed by atoms with E-state index < -0.39 is 0 Å². The van der Waals surface area contributed by atoms with Crippen LogP contribution in [-0.2, 0) is 0 Å². The molecule has 0 heterocycles. The average molecular weight is 374 g/mol. The van der Waals surface area contributed by atoms with Crippen LogP contribution in [-0.4, -0.2) is 43.9 Å². The van der Waals surface area contributed by atoms with Gasteiger partial charge in [0.15, 0.2) is 0 Å². The maximum atomic E-state index is 12.5. The van der Waals surface area contributed by atoms with E-state index in [0.717, 1.165) is 18.5 Å². The summed E-state index contributed by atoms with van der Waals surface area (Å²) in [6, 6.07) is 12.0. The van der Waals surface area contributed by atoms with Gasteiger partial charge >= 0.3 is 0 Å². The molecule has 2 N–H and O–H groups in total. The minimum atomic E-state index is -0.266. The third-order valence-corrected chi connectivity index (χ3v) is 4.13. The molecule has 0 spiro atoms. The first-order chi connectivity index (χ1) is 12.4. The number of anilines is 1. The molecule has 2 aromatic carbocycles. The van der Waals surface area contributed by atoms with Crippen molar-refractivity contribution in [3.05, 3.63) is 64.2 Å². The Morgan fingerprint density at radius 2 is 1.73 bits per heavy atom. The van der Waals surface area contributed by atoms with Crippen LogP contribution >= 0.6 is 11.6 Å². The number of amides is 2. The fraction of sp³-hybridized carbons (Fsp3) is 0.300. The number of nitrogens with one attached hydrogen (secondary N) is 2. The highest BCUT2D eigenvalue weighted by Gasteiger charge is 2.11. The van der Waals surface area contributed by atoms with E-state index in [1.54, 1.807) is 42.5 Å². The summed E-state index contributed by atoms with van der Waals surface area (Å²) < 4.78 is 0. The lowest BCUT2D eigenvalue weighted by atomic mass is 10.1. The third-order valence-electron chi connectivity index (χ3n) is 3.89. The summed E-state index contributed by atoms with van der Waals surface area (Å²) in [5.41, 5.74) is 2.47. The topological polar surface area (TPSA) is 61.4 Å². The van der Waals surface area contributed by atoms with Crippen LogP contribution in [0, 0.1) is 6.92 Å². The van der Waals surface area contributed by atoms with Crippen molar-refractivity contribution in [2.45, 2.75) is 13.3 Å². The molecule has 138 valence electrons. The van der Waals surface area contributed by atoms with Gasteiger partial charge in [0.2, 0.25) is 0 Å². The molecule has 0 aliphatic rings. The SMILES string of the molecule is Cc1cc(Cl)ccc1NC(=O)c1cccc(C(=O)NCCCN(C)C)c1. The van der Waals surface area contributed by atoms with Gasteiger partial charge in [-0.3, -0.25) is 9.59 Å². The summed E-state index contributed by atoms with van der Waals surface area (Å²) in [5, 5.41) is 6.34. The van der Waals surface area contributed by atoms with Crippen LogP contribution in [0.3, 0.4) is 0 Å². The minimum Gasteiger partial charge on any atom is -0.352 e. The number of halogens is 1. The lowest BCUT2D eigenvalue weighted by Crippen LogP contribution is -2.27. The van der Waals surface area contributed by atoms with Crippen molar-refractivity contribution in [3.8, 4) is 0 Å². The molecule has 0 bridgehead atoms. The predicted molar refractivity (Wildman–Crippen MR) is 106 cm³/mol. The summed E-state index contributed by atoms with van der Waals surface area (Å²) in [6.07, 6.45) is 0.870. The highest BCUT2D eigenvalue weighted by molar-refractivity contribution is 6.30. The molecule has 2 rings (SSSR count). The molecule has 2 amide bonds. The molecule has 0 unspecified atom stereocenters. The van der Waals surface area contributed by atoms with E-state index in [4.69, 9.17) is 11.6 Å². The van der Waals surface area contributed by atoms with Gasteiger partial charge in [0.05, 0.1) is 0 Å². The molecule has 5 nitrogen and oxygen atoms in total. The van der Waals surface area contributed by atoms with Crippen LogP contribution in [0.15, 0.2) is 42.5 Å². The summed E-state index contributed by atoms with van der Waals surface area (Å²) >= 11 is 5.94. The Kier molecular flexibility index (Phi) is 7.18. The van der Waals surface area contributed by atoms with E-state index in [2.05, 4.69) is 15.5 Å². The van der Waals surface area contributed by atoms with Gasteiger partial charge in [0.25, 0.3) is 11.8 Å². The number of carbonyl (C=O) groups is 2. The second-order valence-electron chi connectivity index (χ2n) is 6.41. The quantitative estimate of drug-likeness (QED) is 0.729. The first-order valence-electron chi connectivity index (χ1n) is 8.47. The normalized spacial score (nSPS) is 10.7. The number of aryl methyl sites for hydroxylation is 1. The van der Waals surface area contributed by atoms with Crippen molar-refractivity contribution in [2.24, 2.45) is 0 Å². The van der Waals surface area contributed by atoms with Crippen molar-refractivity contribution in [1.82, 2.24) is 10.2 Å². The molecule has 0 atom stereocenters. The Balaban J connectivity index is 2.01. The molecular formula is C20H24ClN3O2. The maximum absolute atomic E-state index is 12.5. The molecule has 26 heavy (non-hydrogen) atoms. The Morgan fingerprint density at radius 3 is 2.38 bits per heavy atom. The fourth-order valence-electron chi connectivity index (χ4n) is 2.46.